The molecule has 9 nitrogen and oxygen atoms in total. The normalized spacial score (nSPS) is 14.3. The molecule has 0 spiro atoms. The number of anilines is 4. The number of nitrogens with zero attached hydrogens (tertiary/aromatic N) is 2. The van der Waals surface area contributed by atoms with Gasteiger partial charge in [0.2, 0.25) is 0 Å². The lowest BCUT2D eigenvalue weighted by atomic mass is 10.1. The molecule has 0 unspecified atom stereocenters. The number of carbonyl (C=O) groups is 2. The van der Waals surface area contributed by atoms with Crippen LogP contribution in [-0.4, -0.2) is 43.2 Å². The Balaban J connectivity index is 1.15. The van der Waals surface area contributed by atoms with Crippen molar-refractivity contribution in [3.8, 4) is 0 Å². The zero-order chi connectivity index (χ0) is 24.7. The second-order valence-electron chi connectivity index (χ2n) is 8.49. The second-order valence-corrected chi connectivity index (χ2v) is 8.49. The topological polar surface area (TPSA) is 119 Å². The molecule has 36 heavy (non-hydrogen) atoms. The van der Waals surface area contributed by atoms with Gasteiger partial charge in [-0.3, -0.25) is 9.98 Å². The largest absolute Gasteiger partial charge is 0.368 e. The number of carbonyl (C=O) groups excluding carboxylic acids is 2. The molecule has 5 N–H and O–H groups in total. The van der Waals surface area contributed by atoms with E-state index >= 15 is 0 Å². The first-order valence-corrected chi connectivity index (χ1v) is 11.9. The molecule has 0 aromatic heterocycles. The minimum Gasteiger partial charge on any atom is -0.368 e. The van der Waals surface area contributed by atoms with Crippen LogP contribution >= 0.6 is 0 Å². The number of urea groups is 2. The van der Waals surface area contributed by atoms with Crippen molar-refractivity contribution >= 4 is 46.4 Å². The van der Waals surface area contributed by atoms with Crippen LogP contribution in [0.15, 0.2) is 82.8 Å². The van der Waals surface area contributed by atoms with E-state index < -0.39 is 0 Å². The predicted molar refractivity (Wildman–Crippen MR) is 145 cm³/mol. The van der Waals surface area contributed by atoms with Gasteiger partial charge in [0.1, 0.15) is 5.84 Å². The highest BCUT2D eigenvalue weighted by Gasteiger charge is 2.11. The molecule has 0 fully saturated rings. The Kier molecular flexibility index (Phi) is 6.88. The predicted octanol–water partition coefficient (Wildman–Crippen LogP) is 4.91. The molecule has 0 saturated carbocycles. The summed E-state index contributed by atoms with van der Waals surface area (Å²) in [5, 5.41) is 14.5. The van der Waals surface area contributed by atoms with E-state index in [2.05, 4.69) is 36.6 Å². The van der Waals surface area contributed by atoms with Crippen molar-refractivity contribution in [2.24, 2.45) is 9.98 Å². The number of nitrogens with one attached hydrogen (secondary N) is 5. The molecule has 2 heterocycles. The zero-order valence-corrected chi connectivity index (χ0v) is 19.7. The van der Waals surface area contributed by atoms with E-state index in [-0.39, 0.29) is 12.1 Å². The quantitative estimate of drug-likeness (QED) is 0.344. The van der Waals surface area contributed by atoms with Gasteiger partial charge >= 0.3 is 12.1 Å². The van der Waals surface area contributed by atoms with Crippen LogP contribution in [0.2, 0.25) is 0 Å². The molecule has 182 valence electrons. The number of amidine groups is 1. The van der Waals surface area contributed by atoms with E-state index in [1.165, 1.54) is 0 Å². The van der Waals surface area contributed by atoms with Gasteiger partial charge in [0.25, 0.3) is 0 Å². The SMILES string of the molecule is O=C(Nc1ccc(C2=NCCC2)cc1)Nc1cccc(NC(=O)Nc2cccc(C3=NCCN3)c2)c1. The molecule has 2 aliphatic rings. The Labute approximate surface area is 209 Å². The monoisotopic (exact) mass is 481 g/mol. The first-order chi connectivity index (χ1) is 17.6. The van der Waals surface area contributed by atoms with Gasteiger partial charge < -0.3 is 26.6 Å². The minimum atomic E-state index is -0.387. The van der Waals surface area contributed by atoms with Crippen LogP contribution in [0, 0.1) is 0 Å². The van der Waals surface area contributed by atoms with Crippen LogP contribution in [0.25, 0.3) is 0 Å². The van der Waals surface area contributed by atoms with Gasteiger partial charge in [-0.1, -0.05) is 30.3 Å². The van der Waals surface area contributed by atoms with Crippen LogP contribution in [0.1, 0.15) is 24.0 Å². The summed E-state index contributed by atoms with van der Waals surface area (Å²) in [6.07, 6.45) is 2.09. The lowest BCUT2D eigenvalue weighted by Gasteiger charge is -2.12. The van der Waals surface area contributed by atoms with Gasteiger partial charge in [0.05, 0.1) is 6.54 Å². The fourth-order valence-electron chi connectivity index (χ4n) is 4.12. The molecule has 0 radical (unpaired) electrons. The van der Waals surface area contributed by atoms with Crippen LogP contribution < -0.4 is 26.6 Å². The third-order valence-corrected chi connectivity index (χ3v) is 5.80. The molecule has 2 aliphatic heterocycles. The maximum Gasteiger partial charge on any atom is 0.323 e. The highest BCUT2D eigenvalue weighted by molar-refractivity contribution is 6.05. The average Bonchev–Trinajstić information content (AvgIpc) is 3.60. The van der Waals surface area contributed by atoms with E-state index in [1.54, 1.807) is 24.3 Å². The van der Waals surface area contributed by atoms with E-state index in [4.69, 9.17) is 0 Å². The number of benzene rings is 3. The van der Waals surface area contributed by atoms with Crippen molar-refractivity contribution in [3.63, 3.8) is 0 Å². The first kappa shape index (κ1) is 23.1. The summed E-state index contributed by atoms with van der Waals surface area (Å²) in [5.74, 6) is 0.829. The Hall–Kier alpha value is -4.66. The van der Waals surface area contributed by atoms with Crippen LogP contribution in [-0.2, 0) is 0 Å². The lowest BCUT2D eigenvalue weighted by molar-refractivity contribution is 0.261. The summed E-state index contributed by atoms with van der Waals surface area (Å²) >= 11 is 0. The number of hydrogen-bond acceptors (Lipinski definition) is 5. The highest BCUT2D eigenvalue weighted by atomic mass is 16.2. The van der Waals surface area contributed by atoms with Gasteiger partial charge in [-0.05, 0) is 60.9 Å². The Bertz CT molecular complexity index is 1330. The summed E-state index contributed by atoms with van der Waals surface area (Å²) in [5.41, 5.74) is 5.56. The number of hydrogen-bond donors (Lipinski definition) is 5. The summed E-state index contributed by atoms with van der Waals surface area (Å²) in [4.78, 5) is 33.9. The van der Waals surface area contributed by atoms with Crippen molar-refractivity contribution < 1.29 is 9.59 Å². The van der Waals surface area contributed by atoms with Gasteiger partial charge in [-0.15, -0.1) is 0 Å². The van der Waals surface area contributed by atoms with Crippen molar-refractivity contribution in [3.05, 3.63) is 83.9 Å². The van der Waals surface area contributed by atoms with Crippen molar-refractivity contribution in [1.29, 1.82) is 0 Å². The van der Waals surface area contributed by atoms with Crippen molar-refractivity contribution in [2.75, 3.05) is 40.9 Å². The van der Waals surface area contributed by atoms with E-state index in [0.717, 1.165) is 55.2 Å². The third kappa shape index (κ3) is 5.87. The molecule has 9 heteroatoms. The molecule has 0 aliphatic carbocycles. The Morgan fingerprint density at radius 3 is 1.92 bits per heavy atom. The molecular formula is C27H27N7O2. The third-order valence-electron chi connectivity index (χ3n) is 5.80. The zero-order valence-electron chi connectivity index (χ0n) is 19.7. The Morgan fingerprint density at radius 1 is 0.667 bits per heavy atom. The van der Waals surface area contributed by atoms with Gasteiger partial charge in [0.15, 0.2) is 0 Å². The van der Waals surface area contributed by atoms with Crippen LogP contribution in [0.3, 0.4) is 0 Å². The van der Waals surface area contributed by atoms with Gasteiger partial charge in [0, 0.05) is 47.1 Å². The standard InChI is InChI=1S/C27H27N7O2/c35-26(31-20-11-9-18(10-12-20)24-8-3-13-28-24)33-22-6-2-7-23(17-22)34-27(36)32-21-5-1-4-19(16-21)25-29-14-15-30-25/h1-2,4-7,9-12,16-17H,3,8,13-15H2,(H,29,30)(H2,31,33,35)(H2,32,34,36). The molecule has 0 bridgehead atoms. The van der Waals surface area contributed by atoms with Crippen LogP contribution in [0.4, 0.5) is 32.3 Å². The molecule has 3 aromatic carbocycles. The summed E-state index contributed by atoms with van der Waals surface area (Å²) in [7, 11) is 0. The van der Waals surface area contributed by atoms with Crippen LogP contribution in [0.5, 0.6) is 0 Å². The minimum absolute atomic E-state index is 0.372. The maximum atomic E-state index is 12.5. The molecule has 4 amide bonds. The molecule has 3 aromatic rings. The maximum absolute atomic E-state index is 12.5. The van der Waals surface area contributed by atoms with Crippen molar-refractivity contribution in [1.82, 2.24) is 5.32 Å². The molecule has 5 rings (SSSR count). The Morgan fingerprint density at radius 2 is 1.31 bits per heavy atom. The van der Waals surface area contributed by atoms with Crippen molar-refractivity contribution in [2.45, 2.75) is 12.8 Å². The number of aliphatic imine (C=N–C) groups is 2. The fourth-order valence-corrected chi connectivity index (χ4v) is 4.12. The molecule has 0 atom stereocenters. The van der Waals surface area contributed by atoms with E-state index in [1.807, 2.05) is 48.5 Å². The summed E-state index contributed by atoms with van der Waals surface area (Å²) < 4.78 is 0. The fraction of sp³-hybridized carbons (Fsp3) is 0.185. The highest BCUT2D eigenvalue weighted by Crippen LogP contribution is 2.19. The number of amides is 4. The summed E-state index contributed by atoms with van der Waals surface area (Å²) in [6.45, 7) is 2.45. The van der Waals surface area contributed by atoms with E-state index in [9.17, 15) is 9.59 Å². The molecular weight excluding hydrogens is 454 g/mol. The first-order valence-electron chi connectivity index (χ1n) is 11.9. The number of rotatable bonds is 6. The molecule has 0 saturated heterocycles. The van der Waals surface area contributed by atoms with E-state index in [0.29, 0.717) is 22.7 Å². The van der Waals surface area contributed by atoms with Gasteiger partial charge in [-0.2, -0.15) is 0 Å². The lowest BCUT2D eigenvalue weighted by Crippen LogP contribution is -2.22. The summed E-state index contributed by atoms with van der Waals surface area (Å²) in [6, 6.07) is 21.3. The average molecular weight is 482 g/mol. The smallest absolute Gasteiger partial charge is 0.323 e. The van der Waals surface area contributed by atoms with Gasteiger partial charge in [-0.25, -0.2) is 9.59 Å². The second kappa shape index (κ2) is 10.7.